The monoisotopic (exact) mass is 334 g/mol. The highest BCUT2D eigenvalue weighted by atomic mass is 35.5. The van der Waals surface area contributed by atoms with Crippen LogP contribution in [0.5, 0.6) is 11.5 Å². The fraction of sp³-hybridized carbons (Fsp3) is 0.176. The lowest BCUT2D eigenvalue weighted by molar-refractivity contribution is -0.135. The highest BCUT2D eigenvalue weighted by Gasteiger charge is 2.16. The predicted octanol–water partition coefficient (Wildman–Crippen LogP) is 3.15. The number of benzene rings is 2. The molecule has 0 atom stereocenters. The van der Waals surface area contributed by atoms with Crippen LogP contribution in [0.1, 0.15) is 10.4 Å². The number of ether oxygens (including phenoxy) is 3. The van der Waals surface area contributed by atoms with E-state index in [1.165, 1.54) is 19.2 Å². The van der Waals surface area contributed by atoms with Crippen LogP contribution in [0, 0.1) is 0 Å². The average Bonchev–Trinajstić information content (AvgIpc) is 2.59. The van der Waals surface area contributed by atoms with Crippen molar-refractivity contribution in [1.82, 2.24) is 0 Å². The third-order valence-electron chi connectivity index (χ3n) is 2.92. The van der Waals surface area contributed by atoms with Crippen LogP contribution in [-0.2, 0) is 9.53 Å². The van der Waals surface area contributed by atoms with E-state index >= 15 is 0 Å². The zero-order valence-electron chi connectivity index (χ0n) is 12.5. The largest absolute Gasteiger partial charge is 0.490 e. The van der Waals surface area contributed by atoms with Crippen molar-refractivity contribution in [2.45, 2.75) is 0 Å². The van der Waals surface area contributed by atoms with E-state index in [2.05, 4.69) is 4.74 Å². The molecule has 0 amide bonds. The minimum Gasteiger partial charge on any atom is -0.490 e. The number of carbonyl (C=O) groups is 2. The normalized spacial score (nSPS) is 10.0. The Balaban J connectivity index is 1.79. The van der Waals surface area contributed by atoms with Gasteiger partial charge >= 0.3 is 5.97 Å². The Bertz CT molecular complexity index is 664. The molecule has 2 aromatic carbocycles. The summed E-state index contributed by atoms with van der Waals surface area (Å²) in [4.78, 5) is 22.7. The van der Waals surface area contributed by atoms with Gasteiger partial charge in [0.25, 0.3) is 5.78 Å². The molecule has 0 aliphatic carbocycles. The van der Waals surface area contributed by atoms with E-state index in [0.29, 0.717) is 29.7 Å². The molecule has 2 aromatic rings. The van der Waals surface area contributed by atoms with Crippen LogP contribution in [0.3, 0.4) is 0 Å². The third-order valence-corrected chi connectivity index (χ3v) is 3.17. The first-order chi connectivity index (χ1) is 11.1. The number of rotatable bonds is 7. The van der Waals surface area contributed by atoms with Crippen molar-refractivity contribution >= 4 is 23.4 Å². The summed E-state index contributed by atoms with van der Waals surface area (Å²) in [6.45, 7) is 0.706. The van der Waals surface area contributed by atoms with E-state index in [1.807, 2.05) is 0 Å². The Morgan fingerprint density at radius 1 is 0.870 bits per heavy atom. The maximum Gasteiger partial charge on any atom is 0.379 e. The van der Waals surface area contributed by atoms with Crippen molar-refractivity contribution in [1.29, 1.82) is 0 Å². The number of Topliss-reactive ketones (excluding diaryl/α,β-unsaturated/α-hetero) is 1. The van der Waals surface area contributed by atoms with E-state index in [-0.39, 0.29) is 5.56 Å². The molecular weight excluding hydrogens is 320 g/mol. The van der Waals surface area contributed by atoms with Crippen molar-refractivity contribution in [3.8, 4) is 11.5 Å². The van der Waals surface area contributed by atoms with Gasteiger partial charge in [0.1, 0.15) is 24.7 Å². The maximum absolute atomic E-state index is 11.6. The van der Waals surface area contributed by atoms with Crippen LogP contribution in [0.2, 0.25) is 5.02 Å². The summed E-state index contributed by atoms with van der Waals surface area (Å²) in [6, 6.07) is 13.3. The van der Waals surface area contributed by atoms with Gasteiger partial charge in [-0.1, -0.05) is 11.6 Å². The molecular formula is C17H15ClO5. The molecule has 2 rings (SSSR count). The second-order valence-electron chi connectivity index (χ2n) is 4.50. The molecule has 0 aromatic heterocycles. The number of esters is 1. The van der Waals surface area contributed by atoms with Crippen LogP contribution >= 0.6 is 11.6 Å². The smallest absolute Gasteiger partial charge is 0.379 e. The zero-order valence-corrected chi connectivity index (χ0v) is 13.2. The minimum atomic E-state index is -0.893. The van der Waals surface area contributed by atoms with Crippen LogP contribution in [0.4, 0.5) is 0 Å². The van der Waals surface area contributed by atoms with Crippen LogP contribution in [-0.4, -0.2) is 32.1 Å². The van der Waals surface area contributed by atoms with E-state index in [4.69, 9.17) is 21.1 Å². The molecule has 0 bridgehead atoms. The minimum absolute atomic E-state index is 0.251. The number of hydrogen-bond donors (Lipinski definition) is 0. The molecule has 0 aliphatic rings. The highest BCUT2D eigenvalue weighted by molar-refractivity contribution is 6.40. The topological polar surface area (TPSA) is 61.8 Å². The number of hydrogen-bond acceptors (Lipinski definition) is 5. The fourth-order valence-electron chi connectivity index (χ4n) is 1.76. The second kappa shape index (κ2) is 8.19. The third kappa shape index (κ3) is 5.00. The molecule has 5 nitrogen and oxygen atoms in total. The van der Waals surface area contributed by atoms with Crippen LogP contribution in [0.15, 0.2) is 48.5 Å². The summed E-state index contributed by atoms with van der Waals surface area (Å²) in [5.41, 5.74) is 0.251. The van der Waals surface area contributed by atoms with Gasteiger partial charge < -0.3 is 14.2 Å². The second-order valence-corrected chi connectivity index (χ2v) is 4.93. The van der Waals surface area contributed by atoms with E-state index < -0.39 is 11.8 Å². The van der Waals surface area contributed by atoms with Crippen molar-refractivity contribution in [3.05, 3.63) is 59.1 Å². The quantitative estimate of drug-likeness (QED) is 0.337. The Labute approximate surface area is 138 Å². The zero-order chi connectivity index (χ0) is 16.7. The number of carbonyl (C=O) groups excluding carboxylic acids is 2. The van der Waals surface area contributed by atoms with Crippen molar-refractivity contribution < 1.29 is 23.8 Å². The van der Waals surface area contributed by atoms with Gasteiger partial charge in [0.05, 0.1) is 7.11 Å². The van der Waals surface area contributed by atoms with Gasteiger partial charge in [-0.05, 0) is 48.5 Å². The standard InChI is InChI=1S/C17H15ClO5/c1-21-17(20)16(19)12-2-6-14(7-3-12)22-10-11-23-15-8-4-13(18)5-9-15/h2-9H,10-11H2,1H3. The molecule has 23 heavy (non-hydrogen) atoms. The van der Waals surface area contributed by atoms with Gasteiger partial charge in [0.15, 0.2) is 0 Å². The molecule has 0 saturated heterocycles. The molecule has 0 heterocycles. The molecule has 0 N–H and O–H groups in total. The van der Waals surface area contributed by atoms with Crippen molar-refractivity contribution in [3.63, 3.8) is 0 Å². The SMILES string of the molecule is COC(=O)C(=O)c1ccc(OCCOc2ccc(Cl)cc2)cc1. The molecule has 0 saturated carbocycles. The van der Waals surface area contributed by atoms with Gasteiger partial charge in [0, 0.05) is 10.6 Å². The van der Waals surface area contributed by atoms with E-state index in [9.17, 15) is 9.59 Å². The van der Waals surface area contributed by atoms with Gasteiger partial charge in [-0.25, -0.2) is 4.79 Å². The lowest BCUT2D eigenvalue weighted by Crippen LogP contribution is -2.15. The first kappa shape index (κ1) is 16.8. The molecule has 0 spiro atoms. The summed E-state index contributed by atoms with van der Waals surface area (Å²) in [6.07, 6.45) is 0. The van der Waals surface area contributed by atoms with Gasteiger partial charge in [-0.3, -0.25) is 4.79 Å². The van der Waals surface area contributed by atoms with E-state index in [0.717, 1.165) is 0 Å². The van der Waals surface area contributed by atoms with Crippen LogP contribution < -0.4 is 9.47 Å². The summed E-state index contributed by atoms with van der Waals surface area (Å²) in [5.74, 6) is -0.303. The molecule has 120 valence electrons. The van der Waals surface area contributed by atoms with Gasteiger partial charge in [0.2, 0.25) is 0 Å². The van der Waals surface area contributed by atoms with Crippen molar-refractivity contribution in [2.24, 2.45) is 0 Å². The molecule has 0 fully saturated rings. The first-order valence-corrected chi connectivity index (χ1v) is 7.22. The number of halogens is 1. The summed E-state index contributed by atoms with van der Waals surface area (Å²) in [7, 11) is 1.17. The Hall–Kier alpha value is -2.53. The average molecular weight is 335 g/mol. The lowest BCUT2D eigenvalue weighted by atomic mass is 10.1. The first-order valence-electron chi connectivity index (χ1n) is 6.84. The number of ketones is 1. The molecule has 0 radical (unpaired) electrons. The Morgan fingerprint density at radius 3 is 1.83 bits per heavy atom. The van der Waals surface area contributed by atoms with E-state index in [1.54, 1.807) is 36.4 Å². The predicted molar refractivity (Wildman–Crippen MR) is 85.2 cm³/mol. The lowest BCUT2D eigenvalue weighted by Gasteiger charge is -2.08. The summed E-state index contributed by atoms with van der Waals surface area (Å²) >= 11 is 5.78. The van der Waals surface area contributed by atoms with Crippen molar-refractivity contribution in [2.75, 3.05) is 20.3 Å². The fourth-order valence-corrected chi connectivity index (χ4v) is 1.89. The maximum atomic E-state index is 11.6. The summed E-state index contributed by atoms with van der Waals surface area (Å²) < 4.78 is 15.4. The molecule has 6 heteroatoms. The molecule has 0 aliphatic heterocycles. The summed E-state index contributed by atoms with van der Waals surface area (Å²) in [5, 5.41) is 0.648. The Morgan fingerprint density at radius 2 is 1.35 bits per heavy atom. The highest BCUT2D eigenvalue weighted by Crippen LogP contribution is 2.16. The Kier molecular flexibility index (Phi) is 6.00. The van der Waals surface area contributed by atoms with Crippen LogP contribution in [0.25, 0.3) is 0 Å². The molecule has 0 unspecified atom stereocenters. The van der Waals surface area contributed by atoms with Gasteiger partial charge in [-0.2, -0.15) is 0 Å². The number of methoxy groups -OCH3 is 1. The van der Waals surface area contributed by atoms with Gasteiger partial charge in [-0.15, -0.1) is 0 Å².